The predicted molar refractivity (Wildman–Crippen MR) is 63.6 cm³/mol. The number of urea groups is 1. The summed E-state index contributed by atoms with van der Waals surface area (Å²) in [7, 11) is 0. The third-order valence-electron chi connectivity index (χ3n) is 2.96. The van der Waals surface area contributed by atoms with E-state index in [1.54, 1.807) is 10.6 Å². The Morgan fingerprint density at radius 1 is 1.41 bits per heavy atom. The average molecular weight is 318 g/mol. The fraction of sp³-hybridized carbons (Fsp3) is 0.273. The maximum Gasteiger partial charge on any atom is 0.418 e. The van der Waals surface area contributed by atoms with E-state index in [-0.39, 0.29) is 0 Å². The quantitative estimate of drug-likeness (QED) is 0.601. The number of carbonyl (C=O) groups excluding carboxylic acids is 2. The van der Waals surface area contributed by atoms with Gasteiger partial charge in [-0.1, -0.05) is 0 Å². The predicted octanol–water partition coefficient (Wildman–Crippen LogP) is 0.403. The van der Waals surface area contributed by atoms with E-state index in [0.29, 0.717) is 6.07 Å². The Morgan fingerprint density at radius 2 is 2.09 bits per heavy atom. The zero-order chi connectivity index (χ0) is 16.5. The summed E-state index contributed by atoms with van der Waals surface area (Å²) in [6.07, 6.45) is -5.41. The number of pyridine rings is 1. The molecule has 2 heterocycles. The number of amides is 4. The monoisotopic (exact) mass is 318 g/mol. The van der Waals surface area contributed by atoms with Gasteiger partial charge < -0.3 is 15.7 Å². The van der Waals surface area contributed by atoms with Crippen LogP contribution in [0.5, 0.6) is 0 Å². The van der Waals surface area contributed by atoms with Gasteiger partial charge >= 0.3 is 18.3 Å². The van der Waals surface area contributed by atoms with Crippen LogP contribution in [-0.2, 0) is 16.5 Å². The third-order valence-corrected chi connectivity index (χ3v) is 2.96. The summed E-state index contributed by atoms with van der Waals surface area (Å²) in [6, 6.07) is 0.651. The van der Waals surface area contributed by atoms with Crippen molar-refractivity contribution >= 4 is 18.0 Å². The first-order chi connectivity index (χ1) is 10.2. The second kappa shape index (κ2) is 5.16. The number of carbonyl (C=O) groups is 3. The molecule has 8 nitrogen and oxygen atoms in total. The first-order valence-electron chi connectivity index (χ1n) is 5.80. The van der Waals surface area contributed by atoms with E-state index in [1.165, 1.54) is 0 Å². The number of halogens is 3. The SMILES string of the molecule is O=C(O)NCC1(c2ncccc2C(F)(F)F)NC(=O)NC1=O. The molecule has 1 atom stereocenters. The van der Waals surface area contributed by atoms with Gasteiger partial charge in [0.25, 0.3) is 5.91 Å². The number of rotatable bonds is 3. The van der Waals surface area contributed by atoms with Crippen molar-refractivity contribution in [3.63, 3.8) is 0 Å². The molecule has 2 rings (SSSR count). The molecular formula is C11H9F3N4O4. The first kappa shape index (κ1) is 15.5. The van der Waals surface area contributed by atoms with E-state index in [2.05, 4.69) is 4.98 Å². The molecule has 1 aromatic heterocycles. The van der Waals surface area contributed by atoms with Crippen LogP contribution in [0.4, 0.5) is 22.8 Å². The number of nitrogens with one attached hydrogen (secondary N) is 3. The highest BCUT2D eigenvalue weighted by Crippen LogP contribution is 2.36. The smallest absolute Gasteiger partial charge is 0.418 e. The normalized spacial score (nSPS) is 21.2. The minimum atomic E-state index is -4.84. The number of imide groups is 1. The number of carboxylic acid groups (broad SMARTS) is 1. The Hall–Kier alpha value is -2.85. The van der Waals surface area contributed by atoms with E-state index in [0.717, 1.165) is 12.3 Å². The van der Waals surface area contributed by atoms with Gasteiger partial charge in [0.1, 0.15) is 0 Å². The molecule has 1 fully saturated rings. The lowest BCUT2D eigenvalue weighted by atomic mass is 9.90. The fourth-order valence-electron chi connectivity index (χ4n) is 2.05. The summed E-state index contributed by atoms with van der Waals surface area (Å²) in [6.45, 7) is -0.806. The maximum absolute atomic E-state index is 13.1. The van der Waals surface area contributed by atoms with Crippen molar-refractivity contribution in [1.82, 2.24) is 20.9 Å². The van der Waals surface area contributed by atoms with Crippen LogP contribution >= 0.6 is 0 Å². The molecule has 0 aromatic carbocycles. The number of hydrogen-bond donors (Lipinski definition) is 4. The van der Waals surface area contributed by atoms with Gasteiger partial charge in [0.05, 0.1) is 17.8 Å². The molecule has 0 saturated carbocycles. The molecule has 1 aliphatic rings. The van der Waals surface area contributed by atoms with Crippen molar-refractivity contribution in [3.8, 4) is 0 Å². The van der Waals surface area contributed by atoms with Gasteiger partial charge in [-0.3, -0.25) is 15.1 Å². The zero-order valence-electron chi connectivity index (χ0n) is 10.7. The molecule has 4 amide bonds. The van der Waals surface area contributed by atoms with Crippen LogP contribution in [0.3, 0.4) is 0 Å². The molecule has 0 bridgehead atoms. The van der Waals surface area contributed by atoms with Crippen molar-refractivity contribution < 1.29 is 32.7 Å². The van der Waals surface area contributed by atoms with Crippen LogP contribution in [0.25, 0.3) is 0 Å². The number of alkyl halides is 3. The summed E-state index contributed by atoms with van der Waals surface area (Å²) in [5.74, 6) is -1.13. The van der Waals surface area contributed by atoms with Crippen LogP contribution in [0.2, 0.25) is 0 Å². The molecule has 0 spiro atoms. The molecule has 0 radical (unpaired) electrons. The van der Waals surface area contributed by atoms with Crippen molar-refractivity contribution in [2.45, 2.75) is 11.7 Å². The van der Waals surface area contributed by atoms with Crippen LogP contribution in [0.15, 0.2) is 18.3 Å². The molecule has 0 aliphatic carbocycles. The largest absolute Gasteiger partial charge is 0.465 e. The number of nitrogens with zero attached hydrogens (tertiary/aromatic N) is 1. The van der Waals surface area contributed by atoms with Crippen LogP contribution < -0.4 is 16.0 Å². The lowest BCUT2D eigenvalue weighted by Gasteiger charge is -2.27. The number of aromatic nitrogens is 1. The second-order valence-electron chi connectivity index (χ2n) is 4.37. The Balaban J connectivity index is 2.58. The Labute approximate surface area is 120 Å². The van der Waals surface area contributed by atoms with Gasteiger partial charge in [0.2, 0.25) is 0 Å². The first-order valence-corrected chi connectivity index (χ1v) is 5.80. The summed E-state index contributed by atoms with van der Waals surface area (Å²) >= 11 is 0. The van der Waals surface area contributed by atoms with E-state index in [1.807, 2.05) is 5.32 Å². The molecule has 1 saturated heterocycles. The summed E-state index contributed by atoms with van der Waals surface area (Å²) in [5.41, 5.74) is -4.32. The lowest BCUT2D eigenvalue weighted by Crippen LogP contribution is -2.53. The molecule has 11 heteroatoms. The summed E-state index contributed by atoms with van der Waals surface area (Å²) in [5, 5.41) is 14.2. The van der Waals surface area contributed by atoms with E-state index < -0.39 is 47.5 Å². The minimum absolute atomic E-state index is 0.683. The van der Waals surface area contributed by atoms with Gasteiger partial charge in [-0.15, -0.1) is 0 Å². The highest BCUT2D eigenvalue weighted by atomic mass is 19.4. The van der Waals surface area contributed by atoms with Crippen LogP contribution in [0.1, 0.15) is 11.3 Å². The Morgan fingerprint density at radius 3 is 2.59 bits per heavy atom. The average Bonchev–Trinajstić information content (AvgIpc) is 2.71. The van der Waals surface area contributed by atoms with Gasteiger partial charge in [-0.05, 0) is 12.1 Å². The number of hydrogen-bond acceptors (Lipinski definition) is 4. The van der Waals surface area contributed by atoms with Crippen molar-refractivity contribution in [2.75, 3.05) is 6.54 Å². The van der Waals surface area contributed by atoms with Gasteiger partial charge in [-0.2, -0.15) is 13.2 Å². The molecule has 1 unspecified atom stereocenters. The Bertz CT molecular complexity index is 648. The standard InChI is InChI=1S/C11H9F3N4O4/c12-11(13,14)5-2-1-3-15-6(5)10(4-16-9(21)22)7(19)17-8(20)18-10/h1-3,16H,4H2,(H,21,22)(H2,17,18,19,20). The third kappa shape index (κ3) is 2.64. The van der Waals surface area contributed by atoms with Gasteiger partial charge in [0.15, 0.2) is 5.54 Å². The van der Waals surface area contributed by atoms with Crippen molar-refractivity contribution in [1.29, 1.82) is 0 Å². The van der Waals surface area contributed by atoms with Crippen molar-refractivity contribution in [3.05, 3.63) is 29.6 Å². The van der Waals surface area contributed by atoms with E-state index >= 15 is 0 Å². The minimum Gasteiger partial charge on any atom is -0.465 e. The van der Waals surface area contributed by atoms with E-state index in [9.17, 15) is 27.6 Å². The lowest BCUT2D eigenvalue weighted by molar-refractivity contribution is -0.139. The van der Waals surface area contributed by atoms with Crippen molar-refractivity contribution in [2.24, 2.45) is 0 Å². The highest BCUT2D eigenvalue weighted by Gasteiger charge is 2.53. The fourth-order valence-corrected chi connectivity index (χ4v) is 2.05. The molecule has 22 heavy (non-hydrogen) atoms. The van der Waals surface area contributed by atoms with E-state index in [4.69, 9.17) is 5.11 Å². The zero-order valence-corrected chi connectivity index (χ0v) is 10.7. The molecule has 118 valence electrons. The summed E-state index contributed by atoms with van der Waals surface area (Å²) < 4.78 is 39.2. The molecular weight excluding hydrogens is 309 g/mol. The molecule has 1 aliphatic heterocycles. The van der Waals surface area contributed by atoms with Gasteiger partial charge in [-0.25, -0.2) is 9.59 Å². The highest BCUT2D eigenvalue weighted by molar-refractivity contribution is 6.07. The van der Waals surface area contributed by atoms with Gasteiger partial charge in [0, 0.05) is 6.20 Å². The molecule has 1 aromatic rings. The second-order valence-corrected chi connectivity index (χ2v) is 4.37. The maximum atomic E-state index is 13.1. The topological polar surface area (TPSA) is 120 Å². The Kier molecular flexibility index (Phi) is 3.65. The van der Waals surface area contributed by atoms with Crippen LogP contribution in [-0.4, -0.2) is 34.7 Å². The summed E-state index contributed by atoms with van der Waals surface area (Å²) in [4.78, 5) is 37.4. The molecule has 4 N–H and O–H groups in total. The van der Waals surface area contributed by atoms with Crippen LogP contribution in [0, 0.1) is 0 Å².